The van der Waals surface area contributed by atoms with Crippen molar-refractivity contribution in [3.63, 3.8) is 0 Å². The molecule has 2 N–H and O–H groups in total. The number of aliphatic hydroxyl groups excluding tert-OH is 1. The maximum atomic E-state index is 11.5. The van der Waals surface area contributed by atoms with E-state index >= 15 is 0 Å². The number of carbonyl (C=O) groups is 1. The quantitative estimate of drug-likeness (QED) is 0.635. The van der Waals surface area contributed by atoms with Gasteiger partial charge in [-0.25, -0.2) is 9.97 Å². The zero-order chi connectivity index (χ0) is 13.7. The minimum atomic E-state index is -0.536. The molecule has 0 unspecified atom stereocenters. The Hall–Kier alpha value is -1.66. The van der Waals surface area contributed by atoms with Crippen molar-refractivity contribution in [2.45, 2.75) is 18.2 Å². The molecule has 19 heavy (non-hydrogen) atoms. The lowest BCUT2D eigenvalue weighted by molar-refractivity contribution is -0.118. The van der Waals surface area contributed by atoms with Crippen molar-refractivity contribution >= 4 is 28.6 Å². The van der Waals surface area contributed by atoms with Gasteiger partial charge < -0.3 is 10.4 Å². The number of hydrogen-bond donors (Lipinski definition) is 2. The highest BCUT2D eigenvalue weighted by molar-refractivity contribution is 7.99. The van der Waals surface area contributed by atoms with Crippen molar-refractivity contribution in [2.75, 3.05) is 12.3 Å². The van der Waals surface area contributed by atoms with Crippen LogP contribution in [0.3, 0.4) is 0 Å². The van der Waals surface area contributed by atoms with Crippen LogP contribution >= 0.6 is 11.8 Å². The monoisotopic (exact) mass is 277 g/mol. The molecular weight excluding hydrogens is 262 g/mol. The molecule has 0 aliphatic rings. The second-order valence-corrected chi connectivity index (χ2v) is 5.10. The zero-order valence-corrected chi connectivity index (χ0v) is 11.4. The summed E-state index contributed by atoms with van der Waals surface area (Å²) in [6, 6.07) is 7.70. The molecular formula is C13H15N3O2S. The van der Waals surface area contributed by atoms with Crippen LogP contribution in [0.4, 0.5) is 0 Å². The number of rotatable bonds is 5. The van der Waals surface area contributed by atoms with Crippen LogP contribution in [-0.2, 0) is 4.79 Å². The maximum Gasteiger partial charge on any atom is 0.230 e. The third-order valence-corrected chi connectivity index (χ3v) is 3.26. The van der Waals surface area contributed by atoms with Crippen LogP contribution in [0, 0.1) is 0 Å². The number of thioether (sulfide) groups is 1. The molecule has 0 spiro atoms. The van der Waals surface area contributed by atoms with Crippen LogP contribution in [-0.4, -0.2) is 39.4 Å². The average Bonchev–Trinajstić information content (AvgIpc) is 2.42. The summed E-state index contributed by atoms with van der Waals surface area (Å²) in [5.41, 5.74) is 0.865. The summed E-state index contributed by atoms with van der Waals surface area (Å²) in [6.07, 6.45) is 1.21. The van der Waals surface area contributed by atoms with Gasteiger partial charge in [-0.05, 0) is 13.0 Å². The van der Waals surface area contributed by atoms with Crippen LogP contribution in [0.1, 0.15) is 6.92 Å². The Labute approximate surface area is 115 Å². The van der Waals surface area contributed by atoms with Crippen LogP contribution in [0.2, 0.25) is 0 Å². The van der Waals surface area contributed by atoms with Gasteiger partial charge in [-0.3, -0.25) is 4.79 Å². The number of nitrogens with zero attached hydrogens (tertiary/aromatic N) is 2. The molecule has 6 heteroatoms. The van der Waals surface area contributed by atoms with Gasteiger partial charge in [0.15, 0.2) is 5.16 Å². The van der Waals surface area contributed by atoms with E-state index in [9.17, 15) is 4.79 Å². The van der Waals surface area contributed by atoms with Crippen molar-refractivity contribution < 1.29 is 9.90 Å². The van der Waals surface area contributed by atoms with E-state index in [-0.39, 0.29) is 18.2 Å². The van der Waals surface area contributed by atoms with Crippen molar-refractivity contribution in [1.82, 2.24) is 15.3 Å². The molecule has 1 heterocycles. The summed E-state index contributed by atoms with van der Waals surface area (Å²) >= 11 is 1.28. The predicted octanol–water partition coefficient (Wildman–Crippen LogP) is 1.22. The molecule has 0 aliphatic carbocycles. The maximum absolute atomic E-state index is 11.5. The van der Waals surface area contributed by atoms with Gasteiger partial charge in [0.2, 0.25) is 5.91 Å². The van der Waals surface area contributed by atoms with E-state index < -0.39 is 6.10 Å². The molecule has 1 atom stereocenters. The third kappa shape index (κ3) is 4.18. The Morgan fingerprint density at radius 3 is 3.05 bits per heavy atom. The van der Waals surface area contributed by atoms with E-state index in [0.717, 1.165) is 10.9 Å². The minimum absolute atomic E-state index is 0.136. The standard InChI is InChI=1S/C13H15N3O2S/c1-9(17)6-14-12(18)8-19-13-15-7-10-4-2-3-5-11(10)16-13/h2-5,7,9,17H,6,8H2,1H3,(H,14,18)/t9-/m0/s1. The lowest BCUT2D eigenvalue weighted by atomic mass is 10.2. The summed E-state index contributed by atoms with van der Waals surface area (Å²) in [5, 5.41) is 13.2. The summed E-state index contributed by atoms with van der Waals surface area (Å²) < 4.78 is 0. The second-order valence-electron chi connectivity index (χ2n) is 4.15. The number of benzene rings is 1. The zero-order valence-electron chi connectivity index (χ0n) is 10.5. The number of amides is 1. The van der Waals surface area contributed by atoms with Crippen LogP contribution in [0.25, 0.3) is 10.9 Å². The largest absolute Gasteiger partial charge is 0.392 e. The van der Waals surface area contributed by atoms with Gasteiger partial charge in [-0.1, -0.05) is 30.0 Å². The van der Waals surface area contributed by atoms with Crippen molar-refractivity contribution in [3.05, 3.63) is 30.5 Å². The van der Waals surface area contributed by atoms with Gasteiger partial charge in [-0.2, -0.15) is 0 Å². The smallest absolute Gasteiger partial charge is 0.230 e. The highest BCUT2D eigenvalue weighted by Gasteiger charge is 2.06. The Bertz CT molecular complexity index is 575. The van der Waals surface area contributed by atoms with E-state index in [2.05, 4.69) is 15.3 Å². The Kier molecular flexibility index (Phi) is 4.70. The summed E-state index contributed by atoms with van der Waals surface area (Å²) in [6.45, 7) is 1.89. The second kappa shape index (κ2) is 6.49. The Morgan fingerprint density at radius 2 is 2.26 bits per heavy atom. The van der Waals surface area contributed by atoms with Gasteiger partial charge in [0.1, 0.15) is 0 Å². The van der Waals surface area contributed by atoms with Gasteiger partial charge in [0, 0.05) is 18.1 Å². The number of carbonyl (C=O) groups excluding carboxylic acids is 1. The molecule has 2 aromatic rings. The van der Waals surface area contributed by atoms with Crippen LogP contribution < -0.4 is 5.32 Å². The van der Waals surface area contributed by atoms with Gasteiger partial charge in [0.05, 0.1) is 17.4 Å². The molecule has 1 aromatic heterocycles. The van der Waals surface area contributed by atoms with Gasteiger partial charge >= 0.3 is 0 Å². The first-order valence-electron chi connectivity index (χ1n) is 5.94. The highest BCUT2D eigenvalue weighted by atomic mass is 32.2. The van der Waals surface area contributed by atoms with E-state index in [1.807, 2.05) is 24.3 Å². The SMILES string of the molecule is C[C@H](O)CNC(=O)CSc1ncc2ccccc2n1. The fourth-order valence-corrected chi connectivity index (χ4v) is 2.12. The fraction of sp³-hybridized carbons (Fsp3) is 0.308. The van der Waals surface area contributed by atoms with Crippen molar-refractivity contribution in [1.29, 1.82) is 0 Å². The number of aromatic nitrogens is 2. The minimum Gasteiger partial charge on any atom is -0.392 e. The molecule has 2 rings (SSSR count). The van der Waals surface area contributed by atoms with E-state index in [1.165, 1.54) is 11.8 Å². The topological polar surface area (TPSA) is 75.1 Å². The number of para-hydroxylation sites is 1. The Balaban J connectivity index is 1.92. The lowest BCUT2D eigenvalue weighted by Crippen LogP contribution is -2.31. The normalized spacial score (nSPS) is 12.3. The fourth-order valence-electron chi connectivity index (χ4n) is 1.47. The molecule has 100 valence electrons. The summed E-state index contributed by atoms with van der Waals surface area (Å²) in [7, 11) is 0. The van der Waals surface area contributed by atoms with E-state index in [4.69, 9.17) is 5.11 Å². The van der Waals surface area contributed by atoms with E-state index in [1.54, 1.807) is 13.1 Å². The molecule has 1 aromatic carbocycles. The van der Waals surface area contributed by atoms with Crippen molar-refractivity contribution in [2.24, 2.45) is 0 Å². The number of nitrogens with one attached hydrogen (secondary N) is 1. The number of aliphatic hydroxyl groups is 1. The molecule has 0 aliphatic heterocycles. The molecule has 0 bridgehead atoms. The average molecular weight is 277 g/mol. The van der Waals surface area contributed by atoms with E-state index in [0.29, 0.717) is 5.16 Å². The third-order valence-electron chi connectivity index (χ3n) is 2.39. The molecule has 0 radical (unpaired) electrons. The van der Waals surface area contributed by atoms with Gasteiger partial charge in [-0.15, -0.1) is 0 Å². The summed E-state index contributed by atoms with van der Waals surface area (Å²) in [5.74, 6) is 0.105. The van der Waals surface area contributed by atoms with Crippen LogP contribution in [0.15, 0.2) is 35.6 Å². The first-order valence-corrected chi connectivity index (χ1v) is 6.93. The Morgan fingerprint density at radius 1 is 1.47 bits per heavy atom. The lowest BCUT2D eigenvalue weighted by Gasteiger charge is -2.06. The summed E-state index contributed by atoms with van der Waals surface area (Å²) in [4.78, 5) is 20.0. The highest BCUT2D eigenvalue weighted by Crippen LogP contribution is 2.16. The van der Waals surface area contributed by atoms with Crippen molar-refractivity contribution in [3.8, 4) is 0 Å². The molecule has 0 saturated heterocycles. The molecule has 5 nitrogen and oxygen atoms in total. The molecule has 1 amide bonds. The number of hydrogen-bond acceptors (Lipinski definition) is 5. The predicted molar refractivity (Wildman–Crippen MR) is 75.0 cm³/mol. The van der Waals surface area contributed by atoms with Gasteiger partial charge in [0.25, 0.3) is 0 Å². The number of fused-ring (bicyclic) bond motifs is 1. The molecule has 0 fully saturated rings. The first kappa shape index (κ1) is 13.8. The van der Waals surface area contributed by atoms with Crippen LogP contribution in [0.5, 0.6) is 0 Å². The first-order chi connectivity index (χ1) is 9.15. The molecule has 0 saturated carbocycles.